The number of hydrogen-bond donors (Lipinski definition) is 2. The summed E-state index contributed by atoms with van der Waals surface area (Å²) in [6.07, 6.45) is -1.17. The van der Waals surface area contributed by atoms with E-state index in [0.29, 0.717) is 23.7 Å². The third-order valence-corrected chi connectivity index (χ3v) is 8.57. The van der Waals surface area contributed by atoms with Crippen molar-refractivity contribution in [3.63, 3.8) is 0 Å². The predicted octanol–water partition coefficient (Wildman–Crippen LogP) is 4.45. The molecule has 0 bridgehead atoms. The number of aliphatic hydroxyl groups excluding tert-OH is 1. The fraction of sp³-hybridized carbons (Fsp3) is 0.414. The number of benzene rings is 2. The summed E-state index contributed by atoms with van der Waals surface area (Å²) in [4.78, 5) is 6.73. The van der Waals surface area contributed by atoms with Gasteiger partial charge in [-0.15, -0.1) is 0 Å². The molecule has 0 spiro atoms. The van der Waals surface area contributed by atoms with Crippen LogP contribution in [0.25, 0.3) is 0 Å². The first kappa shape index (κ1) is 26.0. The van der Waals surface area contributed by atoms with Crippen LogP contribution < -0.4 is 14.2 Å². The number of pyridine rings is 1. The molecule has 2 aliphatic rings. The lowest BCUT2D eigenvalue weighted by Crippen LogP contribution is -2.52. The van der Waals surface area contributed by atoms with Crippen LogP contribution in [0, 0.1) is 5.92 Å². The predicted molar refractivity (Wildman–Crippen MR) is 144 cm³/mol. The molecule has 1 fully saturated rings. The number of nitrogens with zero attached hydrogens (tertiary/aromatic N) is 2. The van der Waals surface area contributed by atoms with E-state index in [1.165, 1.54) is 14.2 Å². The van der Waals surface area contributed by atoms with Crippen LogP contribution in [0.1, 0.15) is 36.5 Å². The number of hydrogen-bond acceptors (Lipinski definition) is 7. The van der Waals surface area contributed by atoms with Gasteiger partial charge in [0, 0.05) is 28.9 Å². The van der Waals surface area contributed by atoms with Crippen molar-refractivity contribution in [2.24, 2.45) is 5.92 Å². The number of halogens is 1. The highest BCUT2D eigenvalue weighted by molar-refractivity contribution is 9.10. The molecule has 5 atom stereocenters. The van der Waals surface area contributed by atoms with Crippen LogP contribution in [-0.4, -0.2) is 60.1 Å². The van der Waals surface area contributed by atoms with Crippen molar-refractivity contribution in [2.45, 2.75) is 37.1 Å². The summed E-state index contributed by atoms with van der Waals surface area (Å²) in [5.41, 5.74) is -1.13. The van der Waals surface area contributed by atoms with Crippen molar-refractivity contribution in [1.29, 1.82) is 0 Å². The van der Waals surface area contributed by atoms with Gasteiger partial charge >= 0.3 is 0 Å². The molecule has 0 amide bonds. The zero-order valence-electron chi connectivity index (χ0n) is 21.5. The molecule has 8 heteroatoms. The second kappa shape index (κ2) is 9.91. The lowest BCUT2D eigenvalue weighted by Gasteiger charge is -2.41. The Labute approximate surface area is 226 Å². The summed E-state index contributed by atoms with van der Waals surface area (Å²) in [6, 6.07) is 19.4. The molecule has 3 aromatic rings. The van der Waals surface area contributed by atoms with Gasteiger partial charge in [0.05, 0.1) is 25.9 Å². The largest absolute Gasteiger partial charge is 0.481 e. The van der Waals surface area contributed by atoms with Crippen LogP contribution in [0.2, 0.25) is 0 Å². The smallest absolute Gasteiger partial charge is 0.226 e. The fourth-order valence-electron chi connectivity index (χ4n) is 6.34. The lowest BCUT2D eigenvalue weighted by molar-refractivity contribution is -0.152. The van der Waals surface area contributed by atoms with Crippen LogP contribution in [0.3, 0.4) is 0 Å². The molecule has 1 aliphatic heterocycles. The molecule has 2 heterocycles. The molecule has 1 aliphatic carbocycles. The molecule has 0 radical (unpaired) electrons. The molecule has 0 saturated heterocycles. The first-order valence-electron chi connectivity index (χ1n) is 12.6. The number of ether oxygens (including phenoxy) is 3. The molecule has 0 unspecified atom stereocenters. The van der Waals surface area contributed by atoms with Crippen molar-refractivity contribution in [2.75, 3.05) is 33.9 Å². The number of aliphatic hydroxyl groups is 2. The molecule has 37 heavy (non-hydrogen) atoms. The minimum atomic E-state index is -1.85. The summed E-state index contributed by atoms with van der Waals surface area (Å²) in [5, 5.41) is 25.1. The van der Waals surface area contributed by atoms with Gasteiger partial charge in [-0.25, -0.2) is 0 Å². The number of rotatable bonds is 8. The number of methoxy groups -OCH3 is 2. The Bertz CT molecular complexity index is 1250. The van der Waals surface area contributed by atoms with Crippen molar-refractivity contribution in [3.05, 3.63) is 81.8 Å². The van der Waals surface area contributed by atoms with E-state index in [1.807, 2.05) is 54.6 Å². The van der Waals surface area contributed by atoms with Gasteiger partial charge in [-0.2, -0.15) is 4.98 Å². The molecule has 5 rings (SSSR count). The SMILES string of the molecule is CCN(CC)C[C@H]1[C@@H](O)[C@@]2(O)c3c(cc(OC)nc3OC)O[C@@]2(c2ccc(Br)cc2)[C@@H]1c1ccccc1. The Morgan fingerprint density at radius 2 is 1.70 bits per heavy atom. The third kappa shape index (κ3) is 3.76. The standard InChI is InChI=1S/C29H33BrN2O5/c1-5-32(6-2)17-21-24(18-10-8-7-9-11-18)29(19-12-14-20(30)15-13-19)28(34,26(21)33)25-22(37-29)16-23(35-3)31-27(25)36-4/h7-16,21,24,26,33-34H,5-6,17H2,1-4H3/t21-,24-,26-,28+,29+/m1/s1. The summed E-state index contributed by atoms with van der Waals surface area (Å²) in [7, 11) is 3.01. The average molecular weight is 569 g/mol. The second-order valence-corrected chi connectivity index (χ2v) is 10.6. The maximum atomic E-state index is 12.9. The molecular weight excluding hydrogens is 536 g/mol. The van der Waals surface area contributed by atoms with Gasteiger partial charge in [-0.3, -0.25) is 0 Å². The van der Waals surface area contributed by atoms with Crippen LogP contribution in [0.4, 0.5) is 0 Å². The van der Waals surface area contributed by atoms with Gasteiger partial charge < -0.3 is 29.3 Å². The van der Waals surface area contributed by atoms with Gasteiger partial charge in [-0.05, 0) is 36.3 Å². The normalized spacial score (nSPS) is 28.1. The van der Waals surface area contributed by atoms with E-state index in [9.17, 15) is 10.2 Å². The van der Waals surface area contributed by atoms with Crippen molar-refractivity contribution < 1.29 is 24.4 Å². The Morgan fingerprint density at radius 3 is 2.30 bits per heavy atom. The van der Waals surface area contributed by atoms with E-state index in [2.05, 4.69) is 39.7 Å². The van der Waals surface area contributed by atoms with Crippen LogP contribution in [0.5, 0.6) is 17.5 Å². The van der Waals surface area contributed by atoms with Gasteiger partial charge in [0.1, 0.15) is 5.75 Å². The maximum absolute atomic E-state index is 12.9. The highest BCUT2D eigenvalue weighted by Gasteiger charge is 2.77. The minimum Gasteiger partial charge on any atom is -0.481 e. The lowest BCUT2D eigenvalue weighted by atomic mass is 9.71. The Balaban J connectivity index is 1.84. The van der Waals surface area contributed by atoms with Gasteiger partial charge in [-0.1, -0.05) is 72.2 Å². The van der Waals surface area contributed by atoms with Crippen LogP contribution in [0.15, 0.2) is 65.1 Å². The topological polar surface area (TPSA) is 84.3 Å². The minimum absolute atomic E-state index is 0.171. The highest BCUT2D eigenvalue weighted by atomic mass is 79.9. The molecule has 196 valence electrons. The number of aromatic nitrogens is 1. The average Bonchev–Trinajstić information content (AvgIpc) is 3.29. The first-order chi connectivity index (χ1) is 17.8. The second-order valence-electron chi connectivity index (χ2n) is 9.64. The van der Waals surface area contributed by atoms with E-state index < -0.39 is 23.2 Å². The van der Waals surface area contributed by atoms with Crippen molar-refractivity contribution in [1.82, 2.24) is 9.88 Å². The van der Waals surface area contributed by atoms with Gasteiger partial charge in [0.2, 0.25) is 11.8 Å². The van der Waals surface area contributed by atoms with E-state index in [4.69, 9.17) is 14.2 Å². The van der Waals surface area contributed by atoms with Crippen molar-refractivity contribution >= 4 is 15.9 Å². The Hall–Kier alpha value is -2.65. The van der Waals surface area contributed by atoms with E-state index >= 15 is 0 Å². The first-order valence-corrected chi connectivity index (χ1v) is 13.4. The van der Waals surface area contributed by atoms with Gasteiger partial charge in [0.25, 0.3) is 0 Å². The summed E-state index contributed by atoms with van der Waals surface area (Å²) in [5.74, 6) is 0.116. The fourth-order valence-corrected chi connectivity index (χ4v) is 6.61. The summed E-state index contributed by atoms with van der Waals surface area (Å²) >= 11 is 3.54. The zero-order valence-corrected chi connectivity index (χ0v) is 23.1. The van der Waals surface area contributed by atoms with E-state index in [-0.39, 0.29) is 11.8 Å². The number of fused-ring (bicyclic) bond motifs is 3. The molecule has 1 aromatic heterocycles. The Morgan fingerprint density at radius 1 is 1.03 bits per heavy atom. The van der Waals surface area contributed by atoms with E-state index in [1.54, 1.807) is 6.07 Å². The van der Waals surface area contributed by atoms with Crippen LogP contribution >= 0.6 is 15.9 Å². The quantitative estimate of drug-likeness (QED) is 0.415. The molecular formula is C29H33BrN2O5. The molecule has 1 saturated carbocycles. The van der Waals surface area contributed by atoms with Crippen molar-refractivity contribution in [3.8, 4) is 17.5 Å². The zero-order chi connectivity index (χ0) is 26.4. The monoisotopic (exact) mass is 568 g/mol. The molecule has 2 aromatic carbocycles. The summed E-state index contributed by atoms with van der Waals surface area (Å²) < 4.78 is 18.9. The highest BCUT2D eigenvalue weighted by Crippen LogP contribution is 2.70. The third-order valence-electron chi connectivity index (χ3n) is 8.04. The maximum Gasteiger partial charge on any atom is 0.226 e. The van der Waals surface area contributed by atoms with E-state index in [0.717, 1.165) is 28.7 Å². The molecule has 2 N–H and O–H groups in total. The summed E-state index contributed by atoms with van der Waals surface area (Å²) in [6.45, 7) is 6.44. The Kier molecular flexibility index (Phi) is 6.96. The van der Waals surface area contributed by atoms with Crippen LogP contribution in [-0.2, 0) is 11.2 Å². The van der Waals surface area contributed by atoms with Gasteiger partial charge in [0.15, 0.2) is 11.2 Å². The molecule has 7 nitrogen and oxygen atoms in total.